The molecule has 106 valence electrons. The van der Waals surface area contributed by atoms with Crippen molar-refractivity contribution in [2.45, 2.75) is 57.5 Å². The zero-order valence-corrected chi connectivity index (χ0v) is 12.3. The van der Waals surface area contributed by atoms with Crippen molar-refractivity contribution in [3.8, 4) is 0 Å². The van der Waals surface area contributed by atoms with Crippen molar-refractivity contribution in [2.75, 3.05) is 33.2 Å². The molecule has 0 amide bonds. The van der Waals surface area contributed by atoms with Gasteiger partial charge in [-0.1, -0.05) is 13.3 Å². The van der Waals surface area contributed by atoms with Crippen molar-refractivity contribution in [3.63, 3.8) is 0 Å². The lowest BCUT2D eigenvalue weighted by molar-refractivity contribution is 0.0819. The smallest absolute Gasteiger partial charge is 0.0135 e. The zero-order valence-electron chi connectivity index (χ0n) is 12.3. The molecule has 0 spiro atoms. The van der Waals surface area contributed by atoms with Crippen LogP contribution in [0.2, 0.25) is 0 Å². The van der Waals surface area contributed by atoms with Gasteiger partial charge in [0.05, 0.1) is 0 Å². The fraction of sp³-hybridized carbons (Fsp3) is 1.00. The highest BCUT2D eigenvalue weighted by Crippen LogP contribution is 2.31. The number of likely N-dealkylation sites (tertiary alicyclic amines) is 1. The molecule has 3 nitrogen and oxygen atoms in total. The molecule has 1 saturated heterocycles. The molecule has 2 N–H and O–H groups in total. The Bertz CT molecular complexity index is 236. The molecule has 0 aromatic carbocycles. The van der Waals surface area contributed by atoms with E-state index in [-0.39, 0.29) is 0 Å². The maximum Gasteiger partial charge on any atom is 0.0135 e. The molecular formula is C15H31N3. The first-order valence-electron chi connectivity index (χ1n) is 7.90. The standard InChI is InChI=1S/C15H31N3/c1-3-9-18-10-7-14(8-11-18)17(2)15-6-4-5-13(15)12-16/h13-15H,3-12,16H2,1-2H3. The molecule has 1 heterocycles. The van der Waals surface area contributed by atoms with E-state index in [2.05, 4.69) is 23.8 Å². The molecule has 0 aromatic heterocycles. The van der Waals surface area contributed by atoms with E-state index in [0.717, 1.165) is 24.5 Å². The van der Waals surface area contributed by atoms with E-state index in [0.29, 0.717) is 0 Å². The Morgan fingerprint density at radius 3 is 2.50 bits per heavy atom. The monoisotopic (exact) mass is 253 g/mol. The second-order valence-corrected chi connectivity index (χ2v) is 6.23. The predicted molar refractivity (Wildman–Crippen MR) is 77.7 cm³/mol. The second-order valence-electron chi connectivity index (χ2n) is 6.23. The Morgan fingerprint density at radius 2 is 1.89 bits per heavy atom. The molecule has 18 heavy (non-hydrogen) atoms. The van der Waals surface area contributed by atoms with Crippen molar-refractivity contribution < 1.29 is 0 Å². The van der Waals surface area contributed by atoms with Crippen molar-refractivity contribution in [2.24, 2.45) is 11.7 Å². The van der Waals surface area contributed by atoms with E-state index >= 15 is 0 Å². The van der Waals surface area contributed by atoms with Crippen LogP contribution < -0.4 is 5.73 Å². The summed E-state index contributed by atoms with van der Waals surface area (Å²) < 4.78 is 0. The lowest BCUT2D eigenvalue weighted by atomic mass is 9.97. The van der Waals surface area contributed by atoms with Crippen LogP contribution in [0.25, 0.3) is 0 Å². The van der Waals surface area contributed by atoms with Crippen LogP contribution in [0.1, 0.15) is 45.4 Å². The summed E-state index contributed by atoms with van der Waals surface area (Å²) in [6, 6.07) is 1.56. The minimum absolute atomic E-state index is 0.753. The number of hydrogen-bond donors (Lipinski definition) is 1. The summed E-state index contributed by atoms with van der Waals surface area (Å²) in [7, 11) is 2.35. The maximum absolute atomic E-state index is 5.92. The molecule has 0 aromatic rings. The number of rotatable bonds is 5. The molecule has 2 aliphatic rings. The molecule has 2 fully saturated rings. The van der Waals surface area contributed by atoms with Crippen LogP contribution in [0.5, 0.6) is 0 Å². The van der Waals surface area contributed by atoms with Crippen molar-refractivity contribution in [3.05, 3.63) is 0 Å². The summed E-state index contributed by atoms with van der Waals surface area (Å²) in [6.45, 7) is 7.03. The minimum Gasteiger partial charge on any atom is -0.330 e. The van der Waals surface area contributed by atoms with Crippen molar-refractivity contribution in [1.82, 2.24) is 9.80 Å². The molecule has 1 aliphatic heterocycles. The quantitative estimate of drug-likeness (QED) is 0.812. The topological polar surface area (TPSA) is 32.5 Å². The third kappa shape index (κ3) is 3.25. The maximum atomic E-state index is 5.92. The molecule has 2 unspecified atom stereocenters. The Kier molecular flexibility index (Phi) is 5.46. The average Bonchev–Trinajstić information content (AvgIpc) is 2.87. The van der Waals surface area contributed by atoms with Gasteiger partial charge in [-0.2, -0.15) is 0 Å². The number of nitrogens with zero attached hydrogens (tertiary/aromatic N) is 2. The van der Waals surface area contributed by atoms with Crippen LogP contribution in [-0.4, -0.2) is 55.1 Å². The van der Waals surface area contributed by atoms with Crippen LogP contribution in [0.15, 0.2) is 0 Å². The molecule has 0 radical (unpaired) electrons. The fourth-order valence-corrected chi connectivity index (χ4v) is 3.97. The van der Waals surface area contributed by atoms with Gasteiger partial charge in [-0.25, -0.2) is 0 Å². The van der Waals surface area contributed by atoms with Gasteiger partial charge in [0.2, 0.25) is 0 Å². The van der Waals surface area contributed by atoms with E-state index in [9.17, 15) is 0 Å². The highest BCUT2D eigenvalue weighted by Gasteiger charge is 2.33. The molecule has 2 atom stereocenters. The average molecular weight is 253 g/mol. The van der Waals surface area contributed by atoms with E-state index in [1.165, 1.54) is 58.2 Å². The molecule has 1 saturated carbocycles. The van der Waals surface area contributed by atoms with Crippen LogP contribution in [0, 0.1) is 5.92 Å². The van der Waals surface area contributed by atoms with Crippen LogP contribution in [0.4, 0.5) is 0 Å². The number of piperidine rings is 1. The van der Waals surface area contributed by atoms with Crippen LogP contribution in [0.3, 0.4) is 0 Å². The summed E-state index contributed by atoms with van der Waals surface area (Å²) in [5, 5.41) is 0. The van der Waals surface area contributed by atoms with E-state index in [4.69, 9.17) is 5.73 Å². The summed E-state index contributed by atoms with van der Waals surface area (Å²) >= 11 is 0. The van der Waals surface area contributed by atoms with E-state index < -0.39 is 0 Å². The first kappa shape index (κ1) is 14.3. The Hall–Kier alpha value is -0.120. The fourth-order valence-electron chi connectivity index (χ4n) is 3.97. The SMILES string of the molecule is CCCN1CCC(N(C)C2CCCC2CN)CC1. The number of hydrogen-bond acceptors (Lipinski definition) is 3. The summed E-state index contributed by atoms with van der Waals surface area (Å²) in [4.78, 5) is 5.30. The Balaban J connectivity index is 1.81. The van der Waals surface area contributed by atoms with Crippen LogP contribution in [-0.2, 0) is 0 Å². The molecule has 1 aliphatic carbocycles. The zero-order chi connectivity index (χ0) is 13.0. The third-order valence-electron chi connectivity index (χ3n) is 5.12. The Morgan fingerprint density at radius 1 is 1.17 bits per heavy atom. The highest BCUT2D eigenvalue weighted by molar-refractivity contribution is 4.89. The Labute approximate surface area is 113 Å². The lowest BCUT2D eigenvalue weighted by Gasteiger charge is -2.41. The van der Waals surface area contributed by atoms with E-state index in [1.807, 2.05) is 0 Å². The van der Waals surface area contributed by atoms with Gasteiger partial charge in [-0.05, 0) is 71.2 Å². The van der Waals surface area contributed by atoms with Gasteiger partial charge in [0, 0.05) is 12.1 Å². The van der Waals surface area contributed by atoms with E-state index in [1.54, 1.807) is 0 Å². The van der Waals surface area contributed by atoms with Crippen molar-refractivity contribution in [1.29, 1.82) is 0 Å². The lowest BCUT2D eigenvalue weighted by Crippen LogP contribution is -2.49. The summed E-state index contributed by atoms with van der Waals surface area (Å²) in [5.41, 5.74) is 5.92. The van der Waals surface area contributed by atoms with Gasteiger partial charge in [0.25, 0.3) is 0 Å². The van der Waals surface area contributed by atoms with Gasteiger partial charge in [-0.3, -0.25) is 0 Å². The minimum atomic E-state index is 0.753. The molecular weight excluding hydrogens is 222 g/mol. The number of nitrogens with two attached hydrogens (primary N) is 1. The molecule has 0 bridgehead atoms. The molecule has 2 rings (SSSR count). The van der Waals surface area contributed by atoms with Crippen molar-refractivity contribution >= 4 is 0 Å². The largest absolute Gasteiger partial charge is 0.330 e. The normalized spacial score (nSPS) is 31.3. The summed E-state index contributed by atoms with van der Waals surface area (Å²) in [6.07, 6.45) is 8.09. The van der Waals surface area contributed by atoms with Crippen LogP contribution >= 0.6 is 0 Å². The van der Waals surface area contributed by atoms with Gasteiger partial charge in [-0.15, -0.1) is 0 Å². The highest BCUT2D eigenvalue weighted by atomic mass is 15.2. The molecule has 3 heteroatoms. The van der Waals surface area contributed by atoms with Gasteiger partial charge < -0.3 is 15.5 Å². The van der Waals surface area contributed by atoms with Gasteiger partial charge >= 0.3 is 0 Å². The predicted octanol–water partition coefficient (Wildman–Crippen LogP) is 1.92. The van der Waals surface area contributed by atoms with Gasteiger partial charge in [0.15, 0.2) is 0 Å². The third-order valence-corrected chi connectivity index (χ3v) is 5.12. The second kappa shape index (κ2) is 6.88. The van der Waals surface area contributed by atoms with Gasteiger partial charge in [0.1, 0.15) is 0 Å². The first-order chi connectivity index (χ1) is 8.76. The first-order valence-corrected chi connectivity index (χ1v) is 7.90. The summed E-state index contributed by atoms with van der Waals surface area (Å²) in [5.74, 6) is 0.753.